The molecule has 2 N–H and O–H groups in total. The number of nitrogen functional groups attached to an aromatic ring is 1. The fourth-order valence-corrected chi connectivity index (χ4v) is 2.27. The lowest BCUT2D eigenvalue weighted by Crippen LogP contribution is -2.11. The van der Waals surface area contributed by atoms with Crippen LogP contribution in [0.2, 0.25) is 0 Å². The van der Waals surface area contributed by atoms with Gasteiger partial charge in [0.25, 0.3) is 0 Å². The third kappa shape index (κ3) is 3.03. The summed E-state index contributed by atoms with van der Waals surface area (Å²) in [5.74, 6) is 0.292. The van der Waals surface area contributed by atoms with Gasteiger partial charge in [-0.2, -0.15) is 13.2 Å². The van der Waals surface area contributed by atoms with Crippen LogP contribution < -0.4 is 10.5 Å². The van der Waals surface area contributed by atoms with Gasteiger partial charge in [0.15, 0.2) is 5.69 Å². The monoisotopic (exact) mass is 319 g/mol. The van der Waals surface area contributed by atoms with E-state index in [2.05, 4.69) is 9.97 Å². The van der Waals surface area contributed by atoms with Crippen LogP contribution in [0, 0.1) is 0 Å². The maximum atomic E-state index is 12.8. The molecule has 1 aromatic heterocycles. The van der Waals surface area contributed by atoms with Crippen LogP contribution in [0.15, 0.2) is 42.5 Å². The van der Waals surface area contributed by atoms with Gasteiger partial charge in [0.05, 0.1) is 12.8 Å². The Labute approximate surface area is 129 Å². The molecule has 3 rings (SSSR count). The van der Waals surface area contributed by atoms with Gasteiger partial charge in [0.1, 0.15) is 5.75 Å². The summed E-state index contributed by atoms with van der Waals surface area (Å²) in [7, 11) is 1.57. The van der Waals surface area contributed by atoms with Crippen molar-refractivity contribution < 1.29 is 17.9 Å². The molecule has 0 radical (unpaired) electrons. The van der Waals surface area contributed by atoms with E-state index in [1.54, 1.807) is 31.4 Å². The molecule has 23 heavy (non-hydrogen) atoms. The Morgan fingerprint density at radius 3 is 2.35 bits per heavy atom. The number of hydrogen-bond donors (Lipinski definition) is 1. The summed E-state index contributed by atoms with van der Waals surface area (Å²) in [6.45, 7) is 0. The van der Waals surface area contributed by atoms with E-state index in [4.69, 9.17) is 10.5 Å². The van der Waals surface area contributed by atoms with Crippen LogP contribution in [0.1, 0.15) is 5.69 Å². The predicted octanol–water partition coefficient (Wildman–Crippen LogP) is 3.91. The summed E-state index contributed by atoms with van der Waals surface area (Å²) in [6, 6.07) is 11.6. The minimum Gasteiger partial charge on any atom is -0.497 e. The number of halogens is 3. The molecule has 2 aromatic carbocycles. The van der Waals surface area contributed by atoms with Crippen LogP contribution >= 0.6 is 0 Å². The van der Waals surface area contributed by atoms with Crippen molar-refractivity contribution in [1.82, 2.24) is 9.97 Å². The van der Waals surface area contributed by atoms with Crippen LogP contribution in [0.4, 0.5) is 19.1 Å². The zero-order chi connectivity index (χ0) is 16.6. The van der Waals surface area contributed by atoms with Gasteiger partial charge < -0.3 is 10.5 Å². The van der Waals surface area contributed by atoms with Gasteiger partial charge in [-0.3, -0.25) is 0 Å². The summed E-state index contributed by atoms with van der Waals surface area (Å²) < 4.78 is 43.7. The minimum absolute atomic E-state index is 0.127. The lowest BCUT2D eigenvalue weighted by Gasteiger charge is -2.09. The number of nitrogens with zero attached hydrogens (tertiary/aromatic N) is 2. The number of methoxy groups -OCH3 is 1. The number of alkyl halides is 3. The Balaban J connectivity index is 2.11. The molecule has 1 heterocycles. The molecule has 0 aliphatic rings. The van der Waals surface area contributed by atoms with Gasteiger partial charge >= 0.3 is 6.18 Å². The summed E-state index contributed by atoms with van der Waals surface area (Å²) in [4.78, 5) is 7.14. The molecule has 4 nitrogen and oxygen atoms in total. The lowest BCUT2D eigenvalue weighted by molar-refractivity contribution is -0.141. The van der Waals surface area contributed by atoms with Crippen molar-refractivity contribution in [3.63, 3.8) is 0 Å². The van der Waals surface area contributed by atoms with Gasteiger partial charge in [-0.1, -0.05) is 18.2 Å². The second-order valence-electron chi connectivity index (χ2n) is 4.92. The van der Waals surface area contributed by atoms with Crippen molar-refractivity contribution in [2.45, 2.75) is 6.18 Å². The third-order valence-electron chi connectivity index (χ3n) is 3.38. The molecule has 0 saturated heterocycles. The van der Waals surface area contributed by atoms with Crippen molar-refractivity contribution in [2.24, 2.45) is 0 Å². The number of rotatable bonds is 2. The van der Waals surface area contributed by atoms with Gasteiger partial charge in [-0.05, 0) is 35.0 Å². The fourth-order valence-electron chi connectivity index (χ4n) is 2.27. The molecule has 0 aliphatic heterocycles. The molecule has 0 bridgehead atoms. The largest absolute Gasteiger partial charge is 0.497 e. The Bertz CT molecular complexity index is 878. The average molecular weight is 319 g/mol. The molecule has 0 amide bonds. The topological polar surface area (TPSA) is 61.0 Å². The SMILES string of the molecule is COc1ccc2cc(-c3cc(C(F)(F)F)nc(N)n3)ccc2c1. The first-order chi connectivity index (χ1) is 10.9. The first-order valence-electron chi connectivity index (χ1n) is 6.67. The maximum absolute atomic E-state index is 12.8. The predicted molar refractivity (Wildman–Crippen MR) is 80.9 cm³/mol. The van der Waals surface area contributed by atoms with Crippen molar-refractivity contribution >= 4 is 16.7 Å². The van der Waals surface area contributed by atoms with Crippen LogP contribution in [0.3, 0.4) is 0 Å². The van der Waals surface area contributed by atoms with Gasteiger partial charge in [0.2, 0.25) is 5.95 Å². The highest BCUT2D eigenvalue weighted by Crippen LogP contribution is 2.32. The normalized spacial score (nSPS) is 11.7. The molecule has 118 valence electrons. The Hall–Kier alpha value is -2.83. The highest BCUT2D eigenvalue weighted by atomic mass is 19.4. The molecular weight excluding hydrogens is 307 g/mol. The third-order valence-corrected chi connectivity index (χ3v) is 3.38. The van der Waals surface area contributed by atoms with E-state index in [9.17, 15) is 13.2 Å². The number of aromatic nitrogens is 2. The van der Waals surface area contributed by atoms with E-state index < -0.39 is 17.8 Å². The maximum Gasteiger partial charge on any atom is 0.433 e. The van der Waals surface area contributed by atoms with E-state index in [0.29, 0.717) is 11.3 Å². The minimum atomic E-state index is -4.57. The fraction of sp³-hybridized carbons (Fsp3) is 0.125. The molecule has 7 heteroatoms. The van der Waals surface area contributed by atoms with Crippen LogP contribution in [0.25, 0.3) is 22.0 Å². The molecule has 0 spiro atoms. The summed E-state index contributed by atoms with van der Waals surface area (Å²) in [5, 5.41) is 1.76. The van der Waals surface area contributed by atoms with E-state index in [1.165, 1.54) is 0 Å². The summed E-state index contributed by atoms with van der Waals surface area (Å²) >= 11 is 0. The molecule has 0 atom stereocenters. The van der Waals surface area contributed by atoms with E-state index in [-0.39, 0.29) is 5.69 Å². The van der Waals surface area contributed by atoms with E-state index in [0.717, 1.165) is 16.8 Å². The number of nitrogens with two attached hydrogens (primary N) is 1. The second-order valence-corrected chi connectivity index (χ2v) is 4.92. The average Bonchev–Trinajstić information content (AvgIpc) is 2.52. The zero-order valence-electron chi connectivity index (χ0n) is 12.1. The summed E-state index contributed by atoms with van der Waals surface area (Å²) in [6.07, 6.45) is -4.57. The number of benzene rings is 2. The number of fused-ring (bicyclic) bond motifs is 1. The van der Waals surface area contributed by atoms with Gasteiger partial charge in [-0.15, -0.1) is 0 Å². The van der Waals surface area contributed by atoms with Crippen LogP contribution in [-0.4, -0.2) is 17.1 Å². The Morgan fingerprint density at radius 2 is 1.65 bits per heavy atom. The van der Waals surface area contributed by atoms with Gasteiger partial charge in [-0.25, -0.2) is 9.97 Å². The van der Waals surface area contributed by atoms with Crippen molar-refractivity contribution in [3.8, 4) is 17.0 Å². The first-order valence-corrected chi connectivity index (χ1v) is 6.67. The lowest BCUT2D eigenvalue weighted by atomic mass is 10.0. The highest BCUT2D eigenvalue weighted by Gasteiger charge is 2.33. The Morgan fingerprint density at radius 1 is 0.957 bits per heavy atom. The van der Waals surface area contributed by atoms with Crippen LogP contribution in [0.5, 0.6) is 5.75 Å². The molecule has 0 unspecified atom stereocenters. The molecular formula is C16H12F3N3O. The highest BCUT2D eigenvalue weighted by molar-refractivity contribution is 5.88. The second kappa shape index (κ2) is 5.42. The molecule has 0 fully saturated rings. The standard InChI is InChI=1S/C16H12F3N3O/c1-23-12-5-4-9-6-11(3-2-10(9)7-12)13-8-14(16(17,18)19)22-15(20)21-13/h2-8H,1H3,(H2,20,21,22). The summed E-state index contributed by atoms with van der Waals surface area (Å²) in [5.41, 5.74) is 5.00. The number of ether oxygens (including phenoxy) is 1. The molecule has 0 saturated carbocycles. The van der Waals surface area contributed by atoms with Gasteiger partial charge in [0, 0.05) is 5.56 Å². The van der Waals surface area contributed by atoms with E-state index >= 15 is 0 Å². The van der Waals surface area contributed by atoms with Crippen molar-refractivity contribution in [3.05, 3.63) is 48.2 Å². The number of hydrogen-bond acceptors (Lipinski definition) is 4. The van der Waals surface area contributed by atoms with Crippen molar-refractivity contribution in [2.75, 3.05) is 12.8 Å². The van der Waals surface area contributed by atoms with Crippen molar-refractivity contribution in [1.29, 1.82) is 0 Å². The first kappa shape index (κ1) is 15.1. The smallest absolute Gasteiger partial charge is 0.433 e. The van der Waals surface area contributed by atoms with Crippen LogP contribution in [-0.2, 0) is 6.18 Å². The molecule has 3 aromatic rings. The zero-order valence-corrected chi connectivity index (χ0v) is 12.1. The molecule has 0 aliphatic carbocycles. The number of anilines is 1. The quantitative estimate of drug-likeness (QED) is 0.778. The Kier molecular flexibility index (Phi) is 3.55. The van der Waals surface area contributed by atoms with E-state index in [1.807, 2.05) is 12.1 Å².